The highest BCUT2D eigenvalue weighted by atomic mass is 16.2. The van der Waals surface area contributed by atoms with Gasteiger partial charge in [-0.25, -0.2) is 9.69 Å². The number of nitrogens with zero attached hydrogens (tertiary/aromatic N) is 2. The van der Waals surface area contributed by atoms with Crippen LogP contribution in [0.3, 0.4) is 0 Å². The molecular weight excluding hydrogens is 240 g/mol. The summed E-state index contributed by atoms with van der Waals surface area (Å²) in [6, 6.07) is 8.92. The first-order chi connectivity index (χ1) is 9.00. The average Bonchev–Trinajstić information content (AvgIpc) is 2.37. The van der Waals surface area contributed by atoms with Crippen LogP contribution >= 0.6 is 0 Å². The van der Waals surface area contributed by atoms with Crippen LogP contribution in [0.2, 0.25) is 0 Å². The molecule has 0 unspecified atom stereocenters. The first kappa shape index (κ1) is 13.6. The molecule has 1 saturated heterocycles. The van der Waals surface area contributed by atoms with Crippen molar-refractivity contribution in [2.75, 3.05) is 18.0 Å². The lowest BCUT2D eigenvalue weighted by Gasteiger charge is -2.38. The number of carbonyl (C=O) groups is 2. The zero-order chi connectivity index (χ0) is 14.0. The first-order valence-electron chi connectivity index (χ1n) is 6.68. The van der Waals surface area contributed by atoms with E-state index in [1.54, 1.807) is 17.0 Å². The van der Waals surface area contributed by atoms with Gasteiger partial charge in [-0.15, -0.1) is 0 Å². The molecule has 4 heteroatoms. The molecule has 1 heterocycles. The smallest absolute Gasteiger partial charge is 0.323 e. The van der Waals surface area contributed by atoms with E-state index < -0.39 is 0 Å². The van der Waals surface area contributed by atoms with Gasteiger partial charge in [-0.2, -0.15) is 0 Å². The van der Waals surface area contributed by atoms with Gasteiger partial charge in [-0.3, -0.25) is 4.79 Å². The van der Waals surface area contributed by atoms with Crippen LogP contribution in [0.25, 0.3) is 0 Å². The van der Waals surface area contributed by atoms with E-state index in [-0.39, 0.29) is 17.9 Å². The predicted octanol–water partition coefficient (Wildman–Crippen LogP) is 2.75. The van der Waals surface area contributed by atoms with Crippen molar-refractivity contribution in [2.45, 2.75) is 20.8 Å². The van der Waals surface area contributed by atoms with E-state index in [0.29, 0.717) is 24.7 Å². The Hall–Kier alpha value is -1.84. The number of rotatable bonds is 3. The van der Waals surface area contributed by atoms with E-state index in [9.17, 15) is 9.59 Å². The maximum absolute atomic E-state index is 12.4. The van der Waals surface area contributed by atoms with Gasteiger partial charge in [0.2, 0.25) is 5.91 Å². The van der Waals surface area contributed by atoms with Crippen LogP contribution in [0.5, 0.6) is 0 Å². The fourth-order valence-corrected chi connectivity index (χ4v) is 2.35. The molecular formula is C15H20N2O2. The summed E-state index contributed by atoms with van der Waals surface area (Å²) in [5, 5.41) is 0. The molecule has 0 N–H and O–H groups in total. The molecule has 0 aromatic heterocycles. The predicted molar refractivity (Wildman–Crippen MR) is 74.9 cm³/mol. The Bertz CT molecular complexity index is 470. The number of benzene rings is 1. The van der Waals surface area contributed by atoms with Gasteiger partial charge in [0.25, 0.3) is 0 Å². The summed E-state index contributed by atoms with van der Waals surface area (Å²) in [7, 11) is 0. The molecule has 0 bridgehead atoms. The van der Waals surface area contributed by atoms with Crippen LogP contribution in [0, 0.1) is 11.8 Å². The first-order valence-corrected chi connectivity index (χ1v) is 6.68. The monoisotopic (exact) mass is 260 g/mol. The summed E-state index contributed by atoms with van der Waals surface area (Å²) in [5.41, 5.74) is 0.651. The van der Waals surface area contributed by atoms with E-state index in [1.807, 2.05) is 25.1 Å². The largest absolute Gasteiger partial charge is 0.331 e. The standard InChI is InChI=1S/C15H20N2O2/c1-11(2)9-16-10-12(3)14(18)17(15(16)19)13-7-5-4-6-8-13/h4-8,11-12H,9-10H2,1-3H3/t12-/m0/s1. The van der Waals surface area contributed by atoms with Crippen molar-refractivity contribution in [1.82, 2.24) is 4.90 Å². The number of hydrogen-bond donors (Lipinski definition) is 0. The highest BCUT2D eigenvalue weighted by Crippen LogP contribution is 2.23. The van der Waals surface area contributed by atoms with Crippen LogP contribution in [-0.2, 0) is 4.79 Å². The molecule has 0 radical (unpaired) electrons. The van der Waals surface area contributed by atoms with Crippen molar-refractivity contribution in [3.63, 3.8) is 0 Å². The Balaban J connectivity index is 2.29. The van der Waals surface area contributed by atoms with E-state index in [0.717, 1.165) is 0 Å². The molecule has 0 spiro atoms. The van der Waals surface area contributed by atoms with Gasteiger partial charge in [0.1, 0.15) is 0 Å². The fourth-order valence-electron chi connectivity index (χ4n) is 2.35. The Kier molecular flexibility index (Phi) is 3.88. The quantitative estimate of drug-likeness (QED) is 0.838. The lowest BCUT2D eigenvalue weighted by atomic mass is 10.1. The molecule has 2 rings (SSSR count). The van der Waals surface area contributed by atoms with E-state index in [4.69, 9.17) is 0 Å². The molecule has 3 amide bonds. The molecule has 1 aromatic rings. The van der Waals surface area contributed by atoms with Crippen molar-refractivity contribution in [3.05, 3.63) is 30.3 Å². The minimum Gasteiger partial charge on any atom is -0.323 e. The highest BCUT2D eigenvalue weighted by molar-refractivity contribution is 6.16. The van der Waals surface area contributed by atoms with Crippen molar-refractivity contribution in [2.24, 2.45) is 11.8 Å². The third-order valence-electron chi connectivity index (χ3n) is 3.20. The number of urea groups is 1. The number of hydrogen-bond acceptors (Lipinski definition) is 2. The maximum Gasteiger partial charge on any atom is 0.331 e. The minimum atomic E-state index is -0.206. The molecule has 4 nitrogen and oxygen atoms in total. The summed E-state index contributed by atoms with van der Waals surface area (Å²) < 4.78 is 0. The van der Waals surface area contributed by atoms with E-state index in [2.05, 4.69) is 13.8 Å². The third-order valence-corrected chi connectivity index (χ3v) is 3.20. The van der Waals surface area contributed by atoms with Crippen molar-refractivity contribution < 1.29 is 9.59 Å². The topological polar surface area (TPSA) is 40.6 Å². The molecule has 1 atom stereocenters. The van der Waals surface area contributed by atoms with Crippen LogP contribution in [-0.4, -0.2) is 29.9 Å². The second kappa shape index (κ2) is 5.43. The van der Waals surface area contributed by atoms with Crippen LogP contribution < -0.4 is 4.90 Å². The summed E-state index contributed by atoms with van der Waals surface area (Å²) in [4.78, 5) is 27.8. The summed E-state index contributed by atoms with van der Waals surface area (Å²) in [5.74, 6) is 0.120. The molecule has 0 aliphatic carbocycles. The molecule has 102 valence electrons. The van der Waals surface area contributed by atoms with Gasteiger partial charge in [0, 0.05) is 13.1 Å². The van der Waals surface area contributed by atoms with Gasteiger partial charge in [0.15, 0.2) is 0 Å². The van der Waals surface area contributed by atoms with Gasteiger partial charge in [-0.1, -0.05) is 39.0 Å². The molecule has 0 saturated carbocycles. The maximum atomic E-state index is 12.4. The average molecular weight is 260 g/mol. The Morgan fingerprint density at radius 2 is 1.84 bits per heavy atom. The van der Waals surface area contributed by atoms with Gasteiger partial charge in [-0.05, 0) is 18.1 Å². The SMILES string of the molecule is CC(C)CN1C[C@H](C)C(=O)N(c2ccccc2)C1=O. The second-order valence-corrected chi connectivity index (χ2v) is 5.49. The van der Waals surface area contributed by atoms with Crippen molar-refractivity contribution >= 4 is 17.6 Å². The third kappa shape index (κ3) is 2.78. The van der Waals surface area contributed by atoms with Gasteiger partial charge < -0.3 is 4.90 Å². The van der Waals surface area contributed by atoms with Gasteiger partial charge >= 0.3 is 6.03 Å². The summed E-state index contributed by atoms with van der Waals surface area (Å²) >= 11 is 0. The molecule has 1 aliphatic heterocycles. The number of amides is 3. The normalized spacial score (nSPS) is 20.3. The van der Waals surface area contributed by atoms with Crippen molar-refractivity contribution in [3.8, 4) is 0 Å². The lowest BCUT2D eigenvalue weighted by molar-refractivity contribution is -0.122. The van der Waals surface area contributed by atoms with Gasteiger partial charge in [0.05, 0.1) is 11.6 Å². The zero-order valence-electron chi connectivity index (χ0n) is 11.7. The second-order valence-electron chi connectivity index (χ2n) is 5.49. The summed E-state index contributed by atoms with van der Waals surface area (Å²) in [6.07, 6.45) is 0. The fraction of sp³-hybridized carbons (Fsp3) is 0.467. The number of para-hydroxylation sites is 1. The molecule has 19 heavy (non-hydrogen) atoms. The van der Waals surface area contributed by atoms with Crippen molar-refractivity contribution in [1.29, 1.82) is 0 Å². The van der Waals surface area contributed by atoms with Crippen LogP contribution in [0.15, 0.2) is 30.3 Å². The number of imide groups is 1. The molecule has 1 fully saturated rings. The zero-order valence-corrected chi connectivity index (χ0v) is 11.7. The van der Waals surface area contributed by atoms with Crippen LogP contribution in [0.1, 0.15) is 20.8 Å². The molecule has 1 aliphatic rings. The number of carbonyl (C=O) groups excluding carboxylic acids is 2. The highest BCUT2D eigenvalue weighted by Gasteiger charge is 2.37. The summed E-state index contributed by atoms with van der Waals surface area (Å²) in [6.45, 7) is 7.21. The Labute approximate surface area is 114 Å². The van der Waals surface area contributed by atoms with E-state index >= 15 is 0 Å². The number of anilines is 1. The lowest BCUT2D eigenvalue weighted by Crippen LogP contribution is -2.57. The Morgan fingerprint density at radius 1 is 1.21 bits per heavy atom. The van der Waals surface area contributed by atoms with Crippen LogP contribution in [0.4, 0.5) is 10.5 Å². The minimum absolute atomic E-state index is 0.115. The van der Waals surface area contributed by atoms with E-state index in [1.165, 1.54) is 4.90 Å². The Morgan fingerprint density at radius 3 is 2.42 bits per heavy atom. The molecule has 1 aromatic carbocycles.